The minimum absolute atomic E-state index is 0.0956. The lowest BCUT2D eigenvalue weighted by atomic mass is 9.58. The molecular formula is C12H21NO3. The fourth-order valence-corrected chi connectivity index (χ4v) is 2.89. The molecular weight excluding hydrogens is 206 g/mol. The Hall–Kier alpha value is -0.610. The Morgan fingerprint density at radius 2 is 2.19 bits per heavy atom. The first kappa shape index (κ1) is 11.9. The summed E-state index contributed by atoms with van der Waals surface area (Å²) in [6.07, 6.45) is 3.63. The second kappa shape index (κ2) is 4.72. The summed E-state index contributed by atoms with van der Waals surface area (Å²) in [6.45, 7) is 3.41. The van der Waals surface area contributed by atoms with Crippen LogP contribution < -0.4 is 5.32 Å². The Bertz CT molecular complexity index is 261. The van der Waals surface area contributed by atoms with Gasteiger partial charge in [0.1, 0.15) is 0 Å². The van der Waals surface area contributed by atoms with Crippen molar-refractivity contribution in [3.8, 4) is 0 Å². The lowest BCUT2D eigenvalue weighted by Gasteiger charge is -2.55. The Kier molecular flexibility index (Phi) is 3.50. The maximum absolute atomic E-state index is 11.6. The highest BCUT2D eigenvalue weighted by atomic mass is 16.5. The van der Waals surface area contributed by atoms with Crippen LogP contribution in [0.25, 0.3) is 0 Å². The Balaban J connectivity index is 1.93. The highest BCUT2D eigenvalue weighted by Crippen LogP contribution is 2.48. The van der Waals surface area contributed by atoms with Crippen molar-refractivity contribution in [1.29, 1.82) is 0 Å². The molecule has 1 amide bonds. The van der Waals surface area contributed by atoms with E-state index in [2.05, 4.69) is 5.32 Å². The first-order valence-corrected chi connectivity index (χ1v) is 6.24. The van der Waals surface area contributed by atoms with Crippen LogP contribution >= 0.6 is 0 Å². The van der Waals surface area contributed by atoms with Crippen LogP contribution in [0.15, 0.2) is 0 Å². The molecule has 2 N–H and O–H groups in total. The van der Waals surface area contributed by atoms with Gasteiger partial charge in [-0.2, -0.15) is 0 Å². The van der Waals surface area contributed by atoms with Crippen LogP contribution in [0.1, 0.15) is 39.0 Å². The van der Waals surface area contributed by atoms with Crippen LogP contribution in [0.5, 0.6) is 0 Å². The summed E-state index contributed by atoms with van der Waals surface area (Å²) < 4.78 is 5.33. The lowest BCUT2D eigenvalue weighted by Crippen LogP contribution is -2.65. The van der Waals surface area contributed by atoms with E-state index >= 15 is 0 Å². The van der Waals surface area contributed by atoms with E-state index in [4.69, 9.17) is 4.74 Å². The topological polar surface area (TPSA) is 58.6 Å². The number of hydrogen-bond acceptors (Lipinski definition) is 3. The molecule has 2 aliphatic rings. The fourth-order valence-electron chi connectivity index (χ4n) is 2.89. The molecule has 0 radical (unpaired) electrons. The zero-order valence-electron chi connectivity index (χ0n) is 9.87. The molecule has 0 aromatic rings. The highest BCUT2D eigenvalue weighted by Gasteiger charge is 2.55. The molecule has 0 aromatic carbocycles. The van der Waals surface area contributed by atoms with Crippen LogP contribution in [0.2, 0.25) is 0 Å². The average Bonchev–Trinajstić information content (AvgIpc) is 2.30. The molecule has 92 valence electrons. The summed E-state index contributed by atoms with van der Waals surface area (Å²) in [5.41, 5.74) is -0.0956. The van der Waals surface area contributed by atoms with Crippen LogP contribution in [0.4, 0.5) is 0 Å². The van der Waals surface area contributed by atoms with Gasteiger partial charge >= 0.3 is 0 Å². The largest absolute Gasteiger partial charge is 0.392 e. The van der Waals surface area contributed by atoms with Gasteiger partial charge in [0.25, 0.3) is 0 Å². The molecule has 1 spiro atoms. The molecule has 2 fully saturated rings. The van der Waals surface area contributed by atoms with Crippen molar-refractivity contribution in [1.82, 2.24) is 5.32 Å². The predicted octanol–water partition coefficient (Wildman–Crippen LogP) is 0.833. The number of hydrogen-bond donors (Lipinski definition) is 2. The standard InChI is InChI=1S/C12H21NO3/c1-2-3-11(15)13-9-8-10(14)12(9)4-6-16-7-5-12/h9-10,14H,2-8H2,1H3,(H,13,15)/t9-,10-/m1/s1. The Morgan fingerprint density at radius 1 is 1.50 bits per heavy atom. The van der Waals surface area contributed by atoms with Crippen LogP contribution in [-0.4, -0.2) is 36.4 Å². The molecule has 1 saturated carbocycles. The molecule has 1 heterocycles. The number of nitrogens with one attached hydrogen (secondary N) is 1. The summed E-state index contributed by atoms with van der Waals surface area (Å²) in [5.74, 6) is 0.116. The quantitative estimate of drug-likeness (QED) is 0.751. The maximum atomic E-state index is 11.6. The van der Waals surface area contributed by atoms with E-state index < -0.39 is 0 Å². The summed E-state index contributed by atoms with van der Waals surface area (Å²) in [4.78, 5) is 11.6. The van der Waals surface area contributed by atoms with Crippen LogP contribution in [-0.2, 0) is 9.53 Å². The van der Waals surface area contributed by atoms with E-state index in [9.17, 15) is 9.90 Å². The molecule has 4 nitrogen and oxygen atoms in total. The van der Waals surface area contributed by atoms with Gasteiger partial charge in [0, 0.05) is 31.1 Å². The van der Waals surface area contributed by atoms with E-state index in [1.807, 2.05) is 6.92 Å². The van der Waals surface area contributed by atoms with Gasteiger partial charge in [0.2, 0.25) is 5.91 Å². The Labute approximate surface area is 96.4 Å². The van der Waals surface area contributed by atoms with E-state index in [0.717, 1.165) is 19.3 Å². The molecule has 16 heavy (non-hydrogen) atoms. The number of aliphatic hydroxyl groups excluding tert-OH is 1. The summed E-state index contributed by atoms with van der Waals surface area (Å²) in [6, 6.07) is 0.158. The molecule has 0 unspecified atom stereocenters. The van der Waals surface area contributed by atoms with Gasteiger partial charge in [-0.25, -0.2) is 0 Å². The fraction of sp³-hybridized carbons (Fsp3) is 0.917. The zero-order chi connectivity index (χ0) is 11.6. The average molecular weight is 227 g/mol. The van der Waals surface area contributed by atoms with Crippen LogP contribution in [0, 0.1) is 5.41 Å². The van der Waals surface area contributed by atoms with E-state index in [1.165, 1.54) is 0 Å². The number of ether oxygens (including phenoxy) is 1. The zero-order valence-corrected chi connectivity index (χ0v) is 9.87. The van der Waals surface area contributed by atoms with Crippen molar-refractivity contribution in [2.75, 3.05) is 13.2 Å². The van der Waals surface area contributed by atoms with Gasteiger partial charge in [-0.05, 0) is 25.7 Å². The van der Waals surface area contributed by atoms with Crippen molar-refractivity contribution in [2.24, 2.45) is 5.41 Å². The number of amides is 1. The molecule has 4 heteroatoms. The van der Waals surface area contributed by atoms with Gasteiger partial charge < -0.3 is 15.2 Å². The molecule has 1 aliphatic heterocycles. The van der Waals surface area contributed by atoms with Crippen LogP contribution in [0.3, 0.4) is 0 Å². The summed E-state index contributed by atoms with van der Waals surface area (Å²) in [7, 11) is 0. The van der Waals surface area contributed by atoms with E-state index in [0.29, 0.717) is 26.1 Å². The van der Waals surface area contributed by atoms with Crippen molar-refractivity contribution >= 4 is 5.91 Å². The van der Waals surface area contributed by atoms with Gasteiger partial charge in [0.15, 0.2) is 0 Å². The third kappa shape index (κ3) is 1.96. The minimum atomic E-state index is -0.261. The molecule has 1 saturated heterocycles. The number of aliphatic hydroxyl groups is 1. The lowest BCUT2D eigenvalue weighted by molar-refractivity contribution is -0.156. The second-order valence-electron chi connectivity index (χ2n) is 4.97. The van der Waals surface area contributed by atoms with Crippen molar-refractivity contribution < 1.29 is 14.6 Å². The van der Waals surface area contributed by atoms with E-state index in [1.54, 1.807) is 0 Å². The molecule has 0 bridgehead atoms. The third-order valence-corrected chi connectivity index (χ3v) is 4.05. The Morgan fingerprint density at radius 3 is 2.75 bits per heavy atom. The number of carbonyl (C=O) groups excluding carboxylic acids is 1. The van der Waals surface area contributed by atoms with Gasteiger partial charge in [-0.1, -0.05) is 6.92 Å². The van der Waals surface area contributed by atoms with Gasteiger partial charge in [0.05, 0.1) is 6.10 Å². The van der Waals surface area contributed by atoms with Crippen molar-refractivity contribution in [3.63, 3.8) is 0 Å². The molecule has 0 aromatic heterocycles. The minimum Gasteiger partial charge on any atom is -0.392 e. The van der Waals surface area contributed by atoms with E-state index in [-0.39, 0.29) is 23.5 Å². The third-order valence-electron chi connectivity index (χ3n) is 4.05. The monoisotopic (exact) mass is 227 g/mol. The number of rotatable bonds is 3. The highest BCUT2D eigenvalue weighted by molar-refractivity contribution is 5.76. The molecule has 1 aliphatic carbocycles. The SMILES string of the molecule is CCCC(=O)N[C@@H]1C[C@@H](O)C12CCOCC2. The molecule has 2 atom stereocenters. The van der Waals surface area contributed by atoms with Crippen molar-refractivity contribution in [3.05, 3.63) is 0 Å². The van der Waals surface area contributed by atoms with Crippen molar-refractivity contribution in [2.45, 2.75) is 51.2 Å². The molecule has 2 rings (SSSR count). The normalized spacial score (nSPS) is 32.1. The van der Waals surface area contributed by atoms with Gasteiger partial charge in [-0.3, -0.25) is 4.79 Å². The first-order chi connectivity index (χ1) is 7.69. The summed E-state index contributed by atoms with van der Waals surface area (Å²) in [5, 5.41) is 13.0. The second-order valence-corrected chi connectivity index (χ2v) is 4.97. The first-order valence-electron chi connectivity index (χ1n) is 6.24. The maximum Gasteiger partial charge on any atom is 0.220 e. The smallest absolute Gasteiger partial charge is 0.220 e. The summed E-state index contributed by atoms with van der Waals surface area (Å²) >= 11 is 0. The predicted molar refractivity (Wildman–Crippen MR) is 59.9 cm³/mol. The number of carbonyl (C=O) groups is 1. The van der Waals surface area contributed by atoms with Gasteiger partial charge in [-0.15, -0.1) is 0 Å².